The molecule has 4 heavy (non-hydrogen) atoms. The van der Waals surface area contributed by atoms with E-state index in [4.69, 9.17) is 0 Å². The predicted octanol–water partition coefficient (Wildman–Crippen LogP) is -8.99. The molecule has 0 rings (SSSR count). The van der Waals surface area contributed by atoms with Crippen LogP contribution < -0.4 is 37.2 Å². The van der Waals surface area contributed by atoms with E-state index in [0.717, 1.165) is 0 Å². The molecule has 0 unspecified atom stereocenters. The van der Waals surface area contributed by atoms with Gasteiger partial charge in [-0.15, -0.1) is 0 Å². The fraction of sp³-hybridized carbons (Fsp3) is 0. The Bertz CT molecular complexity index is 3.25. The molecule has 0 aromatic heterocycles. The van der Waals surface area contributed by atoms with E-state index in [0.29, 0.717) is 0 Å². The smallest absolute Gasteiger partial charge is 1.00 e. The van der Waals surface area contributed by atoms with Gasteiger partial charge in [0.2, 0.25) is 0 Å². The van der Waals surface area contributed by atoms with Crippen LogP contribution in [0, 0.1) is 0 Å². The standard InChI is InChI=1S/3ClH.Ti/h3*1H;/q;;;+3/p-3. The Labute approximate surface area is 58.8 Å². The summed E-state index contributed by atoms with van der Waals surface area (Å²) < 4.78 is 0. The van der Waals surface area contributed by atoms with Gasteiger partial charge >= 0.3 is 21.7 Å². The van der Waals surface area contributed by atoms with E-state index in [1.165, 1.54) is 0 Å². The Morgan fingerprint density at radius 3 is 0.500 bits per heavy atom. The maximum Gasteiger partial charge on any atom is 3.00 e. The fourth-order valence-electron chi connectivity index (χ4n) is 0. The molecule has 1 radical (unpaired) electrons. The maximum atomic E-state index is 0. The van der Waals surface area contributed by atoms with Gasteiger partial charge in [-0.3, -0.25) is 0 Å². The van der Waals surface area contributed by atoms with Crippen molar-refractivity contribution in [3.05, 3.63) is 0 Å². The summed E-state index contributed by atoms with van der Waals surface area (Å²) in [6.07, 6.45) is 0. The van der Waals surface area contributed by atoms with Crippen LogP contribution in [0.15, 0.2) is 0 Å². The zero-order valence-electron chi connectivity index (χ0n) is 1.63. The van der Waals surface area contributed by atoms with E-state index in [-0.39, 0.29) is 58.9 Å². The van der Waals surface area contributed by atoms with Gasteiger partial charge in [0.05, 0.1) is 0 Å². The second-order valence-electron chi connectivity index (χ2n) is 0. The van der Waals surface area contributed by atoms with Crippen LogP contribution in [0.2, 0.25) is 0 Å². The summed E-state index contributed by atoms with van der Waals surface area (Å²) in [4.78, 5) is 0. The zero-order chi connectivity index (χ0) is 0. The van der Waals surface area contributed by atoms with E-state index in [9.17, 15) is 0 Å². The van der Waals surface area contributed by atoms with Gasteiger partial charge in [-0.2, -0.15) is 0 Å². The topological polar surface area (TPSA) is 0 Å². The third kappa shape index (κ3) is 9.54. The van der Waals surface area contributed by atoms with Gasteiger partial charge in [-0.25, -0.2) is 0 Å². The van der Waals surface area contributed by atoms with E-state index in [2.05, 4.69) is 0 Å². The second kappa shape index (κ2) is 23.5. The summed E-state index contributed by atoms with van der Waals surface area (Å²) in [5, 5.41) is 0. The molecule has 0 atom stereocenters. The predicted molar refractivity (Wildman–Crippen MR) is 0 cm³/mol. The molecule has 4 heteroatoms. The van der Waals surface area contributed by atoms with E-state index >= 15 is 0 Å². The van der Waals surface area contributed by atoms with Crippen LogP contribution in [-0.4, -0.2) is 0 Å². The second-order valence-corrected chi connectivity index (χ2v) is 0. The summed E-state index contributed by atoms with van der Waals surface area (Å²) in [5.41, 5.74) is 0. The van der Waals surface area contributed by atoms with Crippen molar-refractivity contribution in [2.24, 2.45) is 0 Å². The number of rotatable bonds is 0. The average Bonchev–Trinajstić information content (AvgIpc) is 0. The van der Waals surface area contributed by atoms with Gasteiger partial charge in [0.25, 0.3) is 0 Å². The molecule has 0 heterocycles. The number of halogens is 3. The van der Waals surface area contributed by atoms with Crippen LogP contribution in [-0.2, 0) is 21.7 Å². The molecular weight excluding hydrogens is 154 g/mol. The zero-order valence-corrected chi connectivity index (χ0v) is 5.46. The molecule has 0 N–H and O–H groups in total. The minimum Gasteiger partial charge on any atom is -1.00 e. The molecule has 0 aromatic carbocycles. The van der Waals surface area contributed by atoms with Crippen LogP contribution in [0.3, 0.4) is 0 Å². The van der Waals surface area contributed by atoms with Crippen molar-refractivity contribution < 1.29 is 58.9 Å². The van der Waals surface area contributed by atoms with Crippen molar-refractivity contribution in [2.45, 2.75) is 0 Å². The van der Waals surface area contributed by atoms with Crippen LogP contribution in [0.1, 0.15) is 0 Å². The number of hydrogen-bond acceptors (Lipinski definition) is 0. The summed E-state index contributed by atoms with van der Waals surface area (Å²) in [7, 11) is 0. The summed E-state index contributed by atoms with van der Waals surface area (Å²) in [5.74, 6) is 0. The third-order valence-electron chi connectivity index (χ3n) is 0. The Kier molecular flexibility index (Phi) is 274. The van der Waals surface area contributed by atoms with Crippen LogP contribution in [0.25, 0.3) is 0 Å². The molecule has 0 spiro atoms. The SMILES string of the molecule is [Cl-].[Cl-].[Cl-].[Ti+3]. The first kappa shape index (κ1) is 46.8. The van der Waals surface area contributed by atoms with Crippen LogP contribution in [0.5, 0.6) is 0 Å². The number of hydrogen-bond donors (Lipinski definition) is 0. The largest absolute Gasteiger partial charge is 3.00 e. The molecule has 0 bridgehead atoms. The summed E-state index contributed by atoms with van der Waals surface area (Å²) in [6, 6.07) is 0. The van der Waals surface area contributed by atoms with Crippen molar-refractivity contribution in [2.75, 3.05) is 0 Å². The van der Waals surface area contributed by atoms with Gasteiger partial charge in [-0.1, -0.05) is 0 Å². The van der Waals surface area contributed by atoms with Crippen molar-refractivity contribution in [3.63, 3.8) is 0 Å². The van der Waals surface area contributed by atoms with Gasteiger partial charge < -0.3 is 37.2 Å². The fourth-order valence-corrected chi connectivity index (χ4v) is 0. The Morgan fingerprint density at radius 2 is 0.500 bits per heavy atom. The molecule has 0 aliphatic rings. The summed E-state index contributed by atoms with van der Waals surface area (Å²) >= 11 is 0. The van der Waals surface area contributed by atoms with Crippen molar-refractivity contribution in [1.29, 1.82) is 0 Å². The molecule has 0 aliphatic heterocycles. The molecule has 25 valence electrons. The average molecular weight is 154 g/mol. The first-order valence-electron chi connectivity index (χ1n) is 0. The Balaban J connectivity index is 0. The quantitative estimate of drug-likeness (QED) is 0.304. The van der Waals surface area contributed by atoms with Crippen molar-refractivity contribution >= 4 is 0 Å². The molecule has 0 amide bonds. The molecule has 0 aliphatic carbocycles. The van der Waals surface area contributed by atoms with Gasteiger partial charge in [0, 0.05) is 0 Å². The van der Waals surface area contributed by atoms with E-state index in [1.807, 2.05) is 0 Å². The van der Waals surface area contributed by atoms with Crippen LogP contribution in [0.4, 0.5) is 0 Å². The molecule has 0 saturated heterocycles. The summed E-state index contributed by atoms with van der Waals surface area (Å²) in [6.45, 7) is 0. The van der Waals surface area contributed by atoms with Gasteiger partial charge in [0.15, 0.2) is 0 Å². The normalized spacial score (nSPS) is 0. The van der Waals surface area contributed by atoms with E-state index < -0.39 is 0 Å². The molecule has 0 saturated carbocycles. The van der Waals surface area contributed by atoms with Gasteiger partial charge in [0.1, 0.15) is 0 Å². The molecule has 0 aromatic rings. The molecular formula is Cl3Ti. The van der Waals surface area contributed by atoms with Crippen molar-refractivity contribution in [1.82, 2.24) is 0 Å². The first-order valence-corrected chi connectivity index (χ1v) is 0. The Morgan fingerprint density at radius 1 is 0.500 bits per heavy atom. The monoisotopic (exact) mass is 153 g/mol. The van der Waals surface area contributed by atoms with Crippen molar-refractivity contribution in [3.8, 4) is 0 Å². The van der Waals surface area contributed by atoms with E-state index in [1.54, 1.807) is 0 Å². The Hall–Kier alpha value is 1.58. The minimum absolute atomic E-state index is 0. The molecule has 0 fully saturated rings. The molecule has 0 nitrogen and oxygen atoms in total. The first-order chi connectivity index (χ1) is 0. The van der Waals surface area contributed by atoms with Gasteiger partial charge in [-0.05, 0) is 0 Å². The van der Waals surface area contributed by atoms with Crippen LogP contribution >= 0.6 is 0 Å². The minimum atomic E-state index is 0. The third-order valence-corrected chi connectivity index (χ3v) is 0. The maximum absolute atomic E-state index is 0.